The fraction of sp³-hybridized carbons (Fsp3) is 0.400. The molecule has 90 valence electrons. The molecule has 5 nitrogen and oxygen atoms in total. The summed E-state index contributed by atoms with van der Waals surface area (Å²) in [5, 5.41) is 16.8. The van der Waals surface area contributed by atoms with Crippen molar-refractivity contribution in [1.82, 2.24) is 0 Å². The lowest BCUT2D eigenvalue weighted by Gasteiger charge is -2.13. The zero-order valence-electron chi connectivity index (χ0n) is 9.05. The Bertz CT molecular complexity index is 428. The highest BCUT2D eigenvalue weighted by molar-refractivity contribution is 7.89. The molecule has 1 aromatic rings. The number of rotatable bonds is 5. The summed E-state index contributed by atoms with van der Waals surface area (Å²) in [7, 11) is -3.63. The van der Waals surface area contributed by atoms with Crippen LogP contribution in [-0.2, 0) is 10.0 Å². The lowest BCUT2D eigenvalue weighted by molar-refractivity contribution is 0.282. The third kappa shape index (κ3) is 3.80. The number of hydrogen-bond donors (Lipinski definition) is 3. The molecule has 0 fully saturated rings. The molecule has 0 heterocycles. The number of sulfonamides is 1. The van der Waals surface area contributed by atoms with Gasteiger partial charge in [0, 0.05) is 18.3 Å². The molecule has 6 heteroatoms. The third-order valence-electron chi connectivity index (χ3n) is 2.16. The Morgan fingerprint density at radius 3 is 2.38 bits per heavy atom. The Labute approximate surface area is 95.3 Å². The van der Waals surface area contributed by atoms with Gasteiger partial charge in [-0.05, 0) is 37.6 Å². The van der Waals surface area contributed by atoms with Crippen LogP contribution >= 0.6 is 0 Å². The second-order valence-corrected chi connectivity index (χ2v) is 5.19. The minimum absolute atomic E-state index is 0.0906. The topological polar surface area (TPSA) is 92.4 Å². The predicted octanol–water partition coefficient (Wildman–Crippen LogP) is 0.517. The van der Waals surface area contributed by atoms with Gasteiger partial charge in [-0.2, -0.15) is 0 Å². The molecule has 0 aliphatic rings. The van der Waals surface area contributed by atoms with Crippen molar-refractivity contribution >= 4 is 15.7 Å². The number of aliphatic hydroxyl groups is 1. The molecular formula is C10H16N2O3S. The quantitative estimate of drug-likeness (QED) is 0.704. The zero-order valence-corrected chi connectivity index (χ0v) is 9.87. The molecule has 1 unspecified atom stereocenters. The predicted molar refractivity (Wildman–Crippen MR) is 62.6 cm³/mol. The first-order chi connectivity index (χ1) is 7.43. The van der Waals surface area contributed by atoms with Crippen LogP contribution in [0.15, 0.2) is 29.2 Å². The Morgan fingerprint density at radius 2 is 1.94 bits per heavy atom. The number of primary sulfonamides is 1. The number of anilines is 1. The fourth-order valence-electron chi connectivity index (χ4n) is 1.29. The third-order valence-corrected chi connectivity index (χ3v) is 3.09. The van der Waals surface area contributed by atoms with Crippen LogP contribution in [0.2, 0.25) is 0 Å². The van der Waals surface area contributed by atoms with Gasteiger partial charge >= 0.3 is 0 Å². The molecule has 0 aliphatic heterocycles. The van der Waals surface area contributed by atoms with E-state index in [2.05, 4.69) is 5.32 Å². The maximum Gasteiger partial charge on any atom is 0.238 e. The normalized spacial score (nSPS) is 13.4. The molecule has 0 amide bonds. The first kappa shape index (κ1) is 13.0. The van der Waals surface area contributed by atoms with E-state index in [0.29, 0.717) is 6.42 Å². The summed E-state index contributed by atoms with van der Waals surface area (Å²) < 4.78 is 22.0. The SMILES string of the molecule is CC(CCO)Nc1ccc(S(N)(=O)=O)cc1. The van der Waals surface area contributed by atoms with Crippen molar-refractivity contribution in [3.05, 3.63) is 24.3 Å². The zero-order chi connectivity index (χ0) is 12.2. The number of aliphatic hydroxyl groups excluding tert-OH is 1. The molecule has 0 aliphatic carbocycles. The largest absolute Gasteiger partial charge is 0.396 e. The van der Waals surface area contributed by atoms with Gasteiger partial charge in [-0.1, -0.05) is 0 Å². The molecule has 0 bridgehead atoms. The standard InChI is InChI=1S/C10H16N2O3S/c1-8(6-7-13)12-9-2-4-10(5-3-9)16(11,14)15/h2-5,8,12-13H,6-7H2,1H3,(H2,11,14,15). The van der Waals surface area contributed by atoms with Gasteiger partial charge in [0.2, 0.25) is 10.0 Å². The minimum atomic E-state index is -3.63. The van der Waals surface area contributed by atoms with E-state index >= 15 is 0 Å². The molecule has 0 aromatic heterocycles. The molecular weight excluding hydrogens is 228 g/mol. The Balaban J connectivity index is 2.72. The summed E-state index contributed by atoms with van der Waals surface area (Å²) in [5.74, 6) is 0. The van der Waals surface area contributed by atoms with Crippen molar-refractivity contribution in [1.29, 1.82) is 0 Å². The van der Waals surface area contributed by atoms with Gasteiger partial charge in [-0.15, -0.1) is 0 Å². The monoisotopic (exact) mass is 244 g/mol. The summed E-state index contributed by atoms with van der Waals surface area (Å²) in [4.78, 5) is 0.0906. The number of nitrogens with two attached hydrogens (primary N) is 1. The van der Waals surface area contributed by atoms with Gasteiger partial charge in [0.05, 0.1) is 4.90 Å². The van der Waals surface area contributed by atoms with Gasteiger partial charge in [0.15, 0.2) is 0 Å². The Kier molecular flexibility index (Phi) is 4.28. The summed E-state index contributed by atoms with van der Waals surface area (Å²) in [6, 6.07) is 6.32. The smallest absolute Gasteiger partial charge is 0.238 e. The number of hydrogen-bond acceptors (Lipinski definition) is 4. The lowest BCUT2D eigenvalue weighted by atomic mass is 10.2. The van der Waals surface area contributed by atoms with Gasteiger partial charge in [0.1, 0.15) is 0 Å². The lowest BCUT2D eigenvalue weighted by Crippen LogP contribution is -2.17. The summed E-state index contributed by atoms with van der Waals surface area (Å²) in [6.45, 7) is 2.05. The second-order valence-electron chi connectivity index (χ2n) is 3.63. The van der Waals surface area contributed by atoms with Crippen molar-refractivity contribution in [2.75, 3.05) is 11.9 Å². The van der Waals surface area contributed by atoms with Crippen LogP contribution in [0.5, 0.6) is 0 Å². The molecule has 0 spiro atoms. The summed E-state index contributed by atoms with van der Waals surface area (Å²) in [6.07, 6.45) is 0.636. The van der Waals surface area contributed by atoms with Gasteiger partial charge in [-0.3, -0.25) is 0 Å². The van der Waals surface area contributed by atoms with Crippen LogP contribution in [-0.4, -0.2) is 26.2 Å². The summed E-state index contributed by atoms with van der Waals surface area (Å²) >= 11 is 0. The highest BCUT2D eigenvalue weighted by atomic mass is 32.2. The van der Waals surface area contributed by atoms with E-state index in [0.717, 1.165) is 5.69 Å². The number of benzene rings is 1. The fourth-order valence-corrected chi connectivity index (χ4v) is 1.81. The molecule has 1 rings (SSSR count). The highest BCUT2D eigenvalue weighted by Gasteiger charge is 2.07. The molecule has 0 radical (unpaired) electrons. The van der Waals surface area contributed by atoms with E-state index in [1.54, 1.807) is 12.1 Å². The van der Waals surface area contributed by atoms with Crippen molar-refractivity contribution in [2.45, 2.75) is 24.3 Å². The average Bonchev–Trinajstić information content (AvgIpc) is 2.17. The first-order valence-corrected chi connectivity index (χ1v) is 6.48. The maximum absolute atomic E-state index is 11.0. The van der Waals surface area contributed by atoms with Crippen molar-refractivity contribution in [3.63, 3.8) is 0 Å². The van der Waals surface area contributed by atoms with Crippen LogP contribution in [0, 0.1) is 0 Å². The van der Waals surface area contributed by atoms with E-state index in [1.807, 2.05) is 6.92 Å². The van der Waals surface area contributed by atoms with E-state index in [4.69, 9.17) is 10.2 Å². The summed E-state index contributed by atoms with van der Waals surface area (Å²) in [5.41, 5.74) is 0.799. The van der Waals surface area contributed by atoms with Crippen LogP contribution in [0.3, 0.4) is 0 Å². The van der Waals surface area contributed by atoms with Crippen LogP contribution in [0.1, 0.15) is 13.3 Å². The van der Waals surface area contributed by atoms with Gasteiger partial charge in [0.25, 0.3) is 0 Å². The average molecular weight is 244 g/mol. The molecule has 0 saturated carbocycles. The van der Waals surface area contributed by atoms with Crippen LogP contribution < -0.4 is 10.5 Å². The molecule has 1 atom stereocenters. The van der Waals surface area contributed by atoms with Crippen molar-refractivity contribution < 1.29 is 13.5 Å². The second kappa shape index (κ2) is 5.29. The van der Waals surface area contributed by atoms with Crippen LogP contribution in [0.25, 0.3) is 0 Å². The molecule has 16 heavy (non-hydrogen) atoms. The number of nitrogens with one attached hydrogen (secondary N) is 1. The van der Waals surface area contributed by atoms with E-state index in [-0.39, 0.29) is 17.5 Å². The Hall–Kier alpha value is -1.11. The maximum atomic E-state index is 11.0. The minimum Gasteiger partial charge on any atom is -0.396 e. The van der Waals surface area contributed by atoms with Crippen molar-refractivity contribution in [2.24, 2.45) is 5.14 Å². The first-order valence-electron chi connectivity index (χ1n) is 4.94. The Morgan fingerprint density at radius 1 is 1.38 bits per heavy atom. The van der Waals surface area contributed by atoms with Gasteiger partial charge < -0.3 is 10.4 Å². The van der Waals surface area contributed by atoms with E-state index in [9.17, 15) is 8.42 Å². The molecule has 0 saturated heterocycles. The highest BCUT2D eigenvalue weighted by Crippen LogP contribution is 2.14. The van der Waals surface area contributed by atoms with E-state index < -0.39 is 10.0 Å². The molecule has 1 aromatic carbocycles. The van der Waals surface area contributed by atoms with Crippen molar-refractivity contribution in [3.8, 4) is 0 Å². The molecule has 4 N–H and O–H groups in total. The van der Waals surface area contributed by atoms with E-state index in [1.165, 1.54) is 12.1 Å². The van der Waals surface area contributed by atoms with Gasteiger partial charge in [-0.25, -0.2) is 13.6 Å². The van der Waals surface area contributed by atoms with Crippen LogP contribution in [0.4, 0.5) is 5.69 Å².